The number of hydrogen-bond donors (Lipinski definition) is 1. The highest BCUT2D eigenvalue weighted by molar-refractivity contribution is 4.91. The first-order valence-corrected chi connectivity index (χ1v) is 7.08. The molecule has 2 aliphatic rings. The van der Waals surface area contributed by atoms with Crippen LogP contribution in [0.25, 0.3) is 0 Å². The van der Waals surface area contributed by atoms with Gasteiger partial charge in [0.25, 0.3) is 0 Å². The highest BCUT2D eigenvalue weighted by Gasteiger charge is 2.35. The summed E-state index contributed by atoms with van der Waals surface area (Å²) in [6.45, 7) is 13.6. The smallest absolute Gasteiger partial charge is 0.0710 e. The fourth-order valence-corrected chi connectivity index (χ4v) is 3.03. The number of ether oxygens (including phenoxy) is 1. The summed E-state index contributed by atoms with van der Waals surface area (Å²) in [5, 5.41) is 3.63. The maximum absolute atomic E-state index is 6.09. The van der Waals surface area contributed by atoms with Crippen LogP contribution in [0.1, 0.15) is 47.0 Å². The van der Waals surface area contributed by atoms with Gasteiger partial charge in [-0.05, 0) is 40.0 Å². The van der Waals surface area contributed by atoms with Gasteiger partial charge in [0.1, 0.15) is 0 Å². The molecule has 3 heteroatoms. The first-order valence-electron chi connectivity index (χ1n) is 7.08. The van der Waals surface area contributed by atoms with Gasteiger partial charge in [0.05, 0.1) is 11.7 Å². The molecule has 0 aromatic carbocycles. The van der Waals surface area contributed by atoms with E-state index in [-0.39, 0.29) is 5.60 Å². The van der Waals surface area contributed by atoms with Crippen molar-refractivity contribution < 1.29 is 4.74 Å². The zero-order valence-corrected chi connectivity index (χ0v) is 11.9. The van der Waals surface area contributed by atoms with Gasteiger partial charge < -0.3 is 10.1 Å². The molecule has 2 aliphatic heterocycles. The van der Waals surface area contributed by atoms with E-state index in [2.05, 4.69) is 37.9 Å². The summed E-state index contributed by atoms with van der Waals surface area (Å²) in [5.41, 5.74) is 0.402. The standard InChI is InChI=1S/C14H28N2O/c1-5-14(4)11-16(9-8-15-14)10-12-6-7-13(2,3)17-12/h12,15H,5-11H2,1-4H3. The molecule has 0 saturated carbocycles. The van der Waals surface area contributed by atoms with Gasteiger partial charge in [0.2, 0.25) is 0 Å². The lowest BCUT2D eigenvalue weighted by Crippen LogP contribution is -2.59. The molecule has 0 amide bonds. The minimum atomic E-state index is 0.104. The molecule has 0 aromatic rings. The number of piperazine rings is 1. The number of nitrogens with one attached hydrogen (secondary N) is 1. The molecule has 17 heavy (non-hydrogen) atoms. The molecule has 2 fully saturated rings. The second kappa shape index (κ2) is 4.87. The van der Waals surface area contributed by atoms with E-state index in [9.17, 15) is 0 Å². The summed E-state index contributed by atoms with van der Waals surface area (Å²) in [4.78, 5) is 2.58. The van der Waals surface area contributed by atoms with Crippen LogP contribution in [0.5, 0.6) is 0 Å². The second-order valence-corrected chi connectivity index (χ2v) is 6.61. The van der Waals surface area contributed by atoms with Gasteiger partial charge in [-0.15, -0.1) is 0 Å². The highest BCUT2D eigenvalue weighted by atomic mass is 16.5. The molecule has 2 atom stereocenters. The summed E-state index contributed by atoms with van der Waals surface area (Å²) in [6, 6.07) is 0. The molecule has 0 aromatic heterocycles. The van der Waals surface area contributed by atoms with Crippen molar-refractivity contribution in [1.82, 2.24) is 10.2 Å². The molecular formula is C14H28N2O. The van der Waals surface area contributed by atoms with E-state index < -0.39 is 0 Å². The van der Waals surface area contributed by atoms with Crippen LogP contribution in [0.3, 0.4) is 0 Å². The predicted octanol–water partition coefficient (Wildman–Crippen LogP) is 2.02. The van der Waals surface area contributed by atoms with Gasteiger partial charge >= 0.3 is 0 Å². The van der Waals surface area contributed by atoms with E-state index in [1.54, 1.807) is 0 Å². The van der Waals surface area contributed by atoms with Gasteiger partial charge in [-0.25, -0.2) is 0 Å². The summed E-state index contributed by atoms with van der Waals surface area (Å²) >= 11 is 0. The van der Waals surface area contributed by atoms with Crippen molar-refractivity contribution in [2.24, 2.45) is 0 Å². The van der Waals surface area contributed by atoms with Crippen LogP contribution in [-0.4, -0.2) is 48.3 Å². The van der Waals surface area contributed by atoms with Gasteiger partial charge in [-0.3, -0.25) is 4.90 Å². The Labute approximate surface area is 106 Å². The molecule has 0 aliphatic carbocycles. The van der Waals surface area contributed by atoms with E-state index in [0.717, 1.165) is 26.2 Å². The number of nitrogens with zero attached hydrogens (tertiary/aromatic N) is 1. The minimum Gasteiger partial charge on any atom is -0.371 e. The monoisotopic (exact) mass is 240 g/mol. The third-order valence-corrected chi connectivity index (χ3v) is 4.35. The van der Waals surface area contributed by atoms with Crippen molar-refractivity contribution in [3.63, 3.8) is 0 Å². The predicted molar refractivity (Wildman–Crippen MR) is 71.3 cm³/mol. The maximum atomic E-state index is 6.09. The Morgan fingerprint density at radius 1 is 1.35 bits per heavy atom. The first-order chi connectivity index (χ1) is 7.92. The lowest BCUT2D eigenvalue weighted by Gasteiger charge is -2.42. The van der Waals surface area contributed by atoms with E-state index in [0.29, 0.717) is 11.6 Å². The van der Waals surface area contributed by atoms with Gasteiger partial charge in [-0.1, -0.05) is 6.92 Å². The zero-order chi connectivity index (χ0) is 12.5. The van der Waals surface area contributed by atoms with Gasteiger partial charge in [-0.2, -0.15) is 0 Å². The van der Waals surface area contributed by atoms with Crippen LogP contribution in [0.2, 0.25) is 0 Å². The quantitative estimate of drug-likeness (QED) is 0.817. The Kier molecular flexibility index (Phi) is 3.81. The van der Waals surface area contributed by atoms with E-state index >= 15 is 0 Å². The van der Waals surface area contributed by atoms with Crippen LogP contribution >= 0.6 is 0 Å². The van der Waals surface area contributed by atoms with Crippen LogP contribution in [-0.2, 0) is 4.74 Å². The average Bonchev–Trinajstić information content (AvgIpc) is 2.58. The van der Waals surface area contributed by atoms with Crippen molar-refractivity contribution in [2.45, 2.75) is 64.2 Å². The van der Waals surface area contributed by atoms with Crippen molar-refractivity contribution in [3.8, 4) is 0 Å². The molecule has 3 nitrogen and oxygen atoms in total. The van der Waals surface area contributed by atoms with Gasteiger partial charge in [0, 0.05) is 31.7 Å². The molecule has 2 unspecified atom stereocenters. The number of hydrogen-bond acceptors (Lipinski definition) is 3. The van der Waals surface area contributed by atoms with Crippen molar-refractivity contribution >= 4 is 0 Å². The summed E-state index contributed by atoms with van der Waals surface area (Å²) in [5.74, 6) is 0. The summed E-state index contributed by atoms with van der Waals surface area (Å²) in [7, 11) is 0. The third-order valence-electron chi connectivity index (χ3n) is 4.35. The Morgan fingerprint density at radius 3 is 2.71 bits per heavy atom. The highest BCUT2D eigenvalue weighted by Crippen LogP contribution is 2.30. The van der Waals surface area contributed by atoms with E-state index in [1.807, 2.05) is 0 Å². The Morgan fingerprint density at radius 2 is 2.12 bits per heavy atom. The normalized spacial score (nSPS) is 38.5. The minimum absolute atomic E-state index is 0.104. The molecule has 2 saturated heterocycles. The molecule has 0 bridgehead atoms. The van der Waals surface area contributed by atoms with Crippen LogP contribution in [0, 0.1) is 0 Å². The molecule has 0 radical (unpaired) electrons. The topological polar surface area (TPSA) is 24.5 Å². The molecule has 1 N–H and O–H groups in total. The average molecular weight is 240 g/mol. The summed E-state index contributed by atoms with van der Waals surface area (Å²) in [6.07, 6.45) is 4.07. The summed E-state index contributed by atoms with van der Waals surface area (Å²) < 4.78 is 6.09. The SMILES string of the molecule is CCC1(C)CN(CC2CCC(C)(C)O2)CCN1. The Hall–Kier alpha value is -0.120. The van der Waals surface area contributed by atoms with E-state index in [1.165, 1.54) is 19.3 Å². The fourth-order valence-electron chi connectivity index (χ4n) is 3.03. The Bertz CT molecular complexity index is 267. The fraction of sp³-hybridized carbons (Fsp3) is 1.00. The Balaban J connectivity index is 1.83. The van der Waals surface area contributed by atoms with Crippen LogP contribution < -0.4 is 5.32 Å². The van der Waals surface area contributed by atoms with Crippen LogP contribution in [0.15, 0.2) is 0 Å². The molecular weight excluding hydrogens is 212 g/mol. The molecule has 2 heterocycles. The first kappa shape index (κ1) is 13.3. The third kappa shape index (κ3) is 3.43. The van der Waals surface area contributed by atoms with Crippen molar-refractivity contribution in [3.05, 3.63) is 0 Å². The lowest BCUT2D eigenvalue weighted by molar-refractivity contribution is -0.0342. The molecule has 0 spiro atoms. The van der Waals surface area contributed by atoms with Gasteiger partial charge in [0.15, 0.2) is 0 Å². The van der Waals surface area contributed by atoms with Crippen molar-refractivity contribution in [2.75, 3.05) is 26.2 Å². The lowest BCUT2D eigenvalue weighted by atomic mass is 9.95. The molecule has 2 rings (SSSR count). The van der Waals surface area contributed by atoms with E-state index in [4.69, 9.17) is 4.74 Å². The maximum Gasteiger partial charge on any atom is 0.0710 e. The number of rotatable bonds is 3. The largest absolute Gasteiger partial charge is 0.371 e. The van der Waals surface area contributed by atoms with Crippen LogP contribution in [0.4, 0.5) is 0 Å². The second-order valence-electron chi connectivity index (χ2n) is 6.61. The zero-order valence-electron chi connectivity index (χ0n) is 11.9. The van der Waals surface area contributed by atoms with Crippen molar-refractivity contribution in [1.29, 1.82) is 0 Å². The molecule has 100 valence electrons.